The molecule has 0 amide bonds. The number of hydrogen-bond donors (Lipinski definition) is 1. The van der Waals surface area contributed by atoms with Gasteiger partial charge in [-0.25, -0.2) is 17.5 Å². The van der Waals surface area contributed by atoms with Crippen LogP contribution in [-0.2, 0) is 14.8 Å². The Balaban J connectivity index is 2.12. The van der Waals surface area contributed by atoms with E-state index >= 15 is 0 Å². The third-order valence-electron chi connectivity index (χ3n) is 3.22. The van der Waals surface area contributed by atoms with Crippen LogP contribution >= 0.6 is 0 Å². The van der Waals surface area contributed by atoms with Gasteiger partial charge in [-0.05, 0) is 19.2 Å². The van der Waals surface area contributed by atoms with Gasteiger partial charge in [0.1, 0.15) is 22.3 Å². The SMILES string of the molecule is CN1CCOC(CNS(=O)(=O)c2cccc(F)c2C#N)C1. The Labute approximate surface area is 123 Å². The van der Waals surface area contributed by atoms with Gasteiger partial charge in [-0.1, -0.05) is 6.07 Å². The van der Waals surface area contributed by atoms with Gasteiger partial charge in [0.25, 0.3) is 0 Å². The van der Waals surface area contributed by atoms with Crippen LogP contribution in [-0.4, -0.2) is 52.7 Å². The molecule has 2 rings (SSSR count). The van der Waals surface area contributed by atoms with Crippen LogP contribution in [0.3, 0.4) is 0 Å². The number of likely N-dealkylation sites (N-methyl/N-ethyl adjacent to an activating group) is 1. The largest absolute Gasteiger partial charge is 0.374 e. The van der Waals surface area contributed by atoms with E-state index in [1.165, 1.54) is 12.1 Å². The summed E-state index contributed by atoms with van der Waals surface area (Å²) in [7, 11) is -2.03. The molecule has 1 aromatic rings. The Kier molecular flexibility index (Phi) is 4.90. The lowest BCUT2D eigenvalue weighted by Gasteiger charge is -2.30. The number of sulfonamides is 1. The third kappa shape index (κ3) is 3.77. The lowest BCUT2D eigenvalue weighted by atomic mass is 10.2. The third-order valence-corrected chi connectivity index (χ3v) is 4.69. The van der Waals surface area contributed by atoms with Crippen molar-refractivity contribution < 1.29 is 17.5 Å². The molecule has 1 heterocycles. The fraction of sp³-hybridized carbons (Fsp3) is 0.462. The molecule has 0 aromatic heterocycles. The van der Waals surface area contributed by atoms with Gasteiger partial charge in [0, 0.05) is 19.6 Å². The summed E-state index contributed by atoms with van der Waals surface area (Å²) >= 11 is 0. The molecule has 0 aliphatic carbocycles. The van der Waals surface area contributed by atoms with E-state index in [4.69, 9.17) is 10.00 Å². The lowest BCUT2D eigenvalue weighted by molar-refractivity contribution is -0.0156. The van der Waals surface area contributed by atoms with E-state index in [2.05, 4.69) is 4.72 Å². The Morgan fingerprint density at radius 3 is 3.00 bits per heavy atom. The van der Waals surface area contributed by atoms with E-state index in [1.807, 2.05) is 11.9 Å². The van der Waals surface area contributed by atoms with Crippen molar-refractivity contribution in [2.24, 2.45) is 0 Å². The predicted octanol–water partition coefficient (Wildman–Crippen LogP) is 0.306. The van der Waals surface area contributed by atoms with Crippen LogP contribution in [0.1, 0.15) is 5.56 Å². The molecule has 1 aliphatic rings. The first kappa shape index (κ1) is 15.9. The summed E-state index contributed by atoms with van der Waals surface area (Å²) in [5.41, 5.74) is -0.480. The van der Waals surface area contributed by atoms with E-state index in [0.29, 0.717) is 13.2 Å². The zero-order valence-electron chi connectivity index (χ0n) is 11.5. The highest BCUT2D eigenvalue weighted by Crippen LogP contribution is 2.18. The van der Waals surface area contributed by atoms with Gasteiger partial charge in [0.2, 0.25) is 10.0 Å². The van der Waals surface area contributed by atoms with E-state index in [0.717, 1.165) is 12.6 Å². The van der Waals surface area contributed by atoms with E-state index in [-0.39, 0.29) is 17.5 Å². The molecule has 1 aromatic carbocycles. The number of nitrogens with one attached hydrogen (secondary N) is 1. The van der Waals surface area contributed by atoms with Gasteiger partial charge in [0.05, 0.1) is 12.7 Å². The van der Waals surface area contributed by atoms with Crippen molar-refractivity contribution in [3.05, 3.63) is 29.6 Å². The van der Waals surface area contributed by atoms with Crippen LogP contribution < -0.4 is 4.72 Å². The number of halogens is 1. The molecule has 1 saturated heterocycles. The van der Waals surface area contributed by atoms with Crippen molar-refractivity contribution in [1.82, 2.24) is 9.62 Å². The summed E-state index contributed by atoms with van der Waals surface area (Å²) in [5.74, 6) is -0.853. The Morgan fingerprint density at radius 1 is 1.57 bits per heavy atom. The van der Waals surface area contributed by atoms with Crippen LogP contribution in [0.4, 0.5) is 4.39 Å². The van der Waals surface area contributed by atoms with Gasteiger partial charge in [0.15, 0.2) is 0 Å². The monoisotopic (exact) mass is 313 g/mol. The zero-order valence-corrected chi connectivity index (χ0v) is 12.4. The molecule has 0 saturated carbocycles. The van der Waals surface area contributed by atoms with Crippen LogP contribution in [0, 0.1) is 17.1 Å². The molecule has 0 bridgehead atoms. The highest BCUT2D eigenvalue weighted by Gasteiger charge is 2.24. The van der Waals surface area contributed by atoms with E-state index < -0.39 is 21.4 Å². The quantitative estimate of drug-likeness (QED) is 0.865. The number of ether oxygens (including phenoxy) is 1. The molecular formula is C13H16FN3O3S. The molecule has 8 heteroatoms. The van der Waals surface area contributed by atoms with Crippen LogP contribution in [0.25, 0.3) is 0 Å². The molecule has 114 valence electrons. The number of benzene rings is 1. The minimum Gasteiger partial charge on any atom is -0.374 e. The molecule has 0 spiro atoms. The summed E-state index contributed by atoms with van der Waals surface area (Å²) in [6.07, 6.45) is -0.266. The van der Waals surface area contributed by atoms with Crippen molar-refractivity contribution in [1.29, 1.82) is 5.26 Å². The fourth-order valence-electron chi connectivity index (χ4n) is 2.11. The van der Waals surface area contributed by atoms with Crippen molar-refractivity contribution in [2.45, 2.75) is 11.0 Å². The molecule has 1 N–H and O–H groups in total. The van der Waals surface area contributed by atoms with Crippen molar-refractivity contribution in [2.75, 3.05) is 33.3 Å². The standard InChI is InChI=1S/C13H16FN3O3S/c1-17-5-6-20-10(9-17)8-16-21(18,19)13-4-2-3-12(14)11(13)7-15/h2-4,10,16H,5-6,8-9H2,1H3. The molecule has 21 heavy (non-hydrogen) atoms. The summed E-state index contributed by atoms with van der Waals surface area (Å²) < 4.78 is 45.7. The van der Waals surface area contributed by atoms with Crippen LogP contribution in [0.5, 0.6) is 0 Å². The summed E-state index contributed by atoms with van der Waals surface area (Å²) in [5, 5.41) is 8.90. The highest BCUT2D eigenvalue weighted by atomic mass is 32.2. The van der Waals surface area contributed by atoms with Crippen LogP contribution in [0.2, 0.25) is 0 Å². The topological polar surface area (TPSA) is 82.4 Å². The van der Waals surface area contributed by atoms with Crippen molar-refractivity contribution in [3.8, 4) is 6.07 Å². The second-order valence-corrected chi connectivity index (χ2v) is 6.57. The first-order valence-electron chi connectivity index (χ1n) is 6.42. The second-order valence-electron chi connectivity index (χ2n) is 4.83. The molecule has 1 unspecified atom stereocenters. The highest BCUT2D eigenvalue weighted by molar-refractivity contribution is 7.89. The van der Waals surface area contributed by atoms with Crippen molar-refractivity contribution in [3.63, 3.8) is 0 Å². The lowest BCUT2D eigenvalue weighted by Crippen LogP contribution is -2.45. The Hall–Kier alpha value is -1.53. The Bertz CT molecular complexity index is 657. The number of nitrogens with zero attached hydrogens (tertiary/aromatic N) is 2. The number of nitriles is 1. The molecule has 6 nitrogen and oxygen atoms in total. The first-order valence-corrected chi connectivity index (χ1v) is 7.91. The summed E-state index contributed by atoms with van der Waals surface area (Å²) in [6, 6.07) is 5.10. The average Bonchev–Trinajstić information content (AvgIpc) is 2.45. The molecule has 0 radical (unpaired) electrons. The second kappa shape index (κ2) is 6.49. The average molecular weight is 313 g/mol. The maximum atomic E-state index is 13.5. The van der Waals surface area contributed by atoms with Crippen molar-refractivity contribution >= 4 is 10.0 Å². The molecular weight excluding hydrogens is 297 g/mol. The Morgan fingerprint density at radius 2 is 2.33 bits per heavy atom. The smallest absolute Gasteiger partial charge is 0.242 e. The van der Waals surface area contributed by atoms with E-state index in [1.54, 1.807) is 6.07 Å². The molecule has 1 fully saturated rings. The molecule has 1 atom stereocenters. The zero-order chi connectivity index (χ0) is 15.5. The minimum atomic E-state index is -3.95. The summed E-state index contributed by atoms with van der Waals surface area (Å²) in [4.78, 5) is 1.68. The van der Waals surface area contributed by atoms with Gasteiger partial charge in [-0.15, -0.1) is 0 Å². The normalized spacial score (nSPS) is 20.1. The predicted molar refractivity (Wildman–Crippen MR) is 73.5 cm³/mol. The number of hydrogen-bond acceptors (Lipinski definition) is 5. The molecule has 1 aliphatic heterocycles. The van der Waals surface area contributed by atoms with Gasteiger partial charge >= 0.3 is 0 Å². The van der Waals surface area contributed by atoms with Gasteiger partial charge in [-0.2, -0.15) is 5.26 Å². The fourth-order valence-corrected chi connectivity index (χ4v) is 3.34. The van der Waals surface area contributed by atoms with Gasteiger partial charge in [-0.3, -0.25) is 0 Å². The van der Waals surface area contributed by atoms with Gasteiger partial charge < -0.3 is 9.64 Å². The number of morpholine rings is 1. The first-order chi connectivity index (χ1) is 9.94. The maximum Gasteiger partial charge on any atom is 0.242 e. The van der Waals surface area contributed by atoms with Crippen LogP contribution in [0.15, 0.2) is 23.1 Å². The summed E-state index contributed by atoms with van der Waals surface area (Å²) in [6.45, 7) is 2.02. The minimum absolute atomic E-state index is 0.0774. The maximum absolute atomic E-state index is 13.5. The van der Waals surface area contributed by atoms with E-state index in [9.17, 15) is 12.8 Å². The number of rotatable bonds is 4.